The molecule has 0 aliphatic heterocycles. The lowest BCUT2D eigenvalue weighted by molar-refractivity contribution is 0.126. The summed E-state index contributed by atoms with van der Waals surface area (Å²) in [6.45, 7) is 1.61. The van der Waals surface area contributed by atoms with E-state index in [1.165, 1.54) is 21.9 Å². The third kappa shape index (κ3) is 4.63. The molecule has 0 saturated heterocycles. The molecule has 3 heteroatoms. The molecule has 1 N–H and O–H groups in total. The van der Waals surface area contributed by atoms with Crippen molar-refractivity contribution < 1.29 is 5.11 Å². The summed E-state index contributed by atoms with van der Waals surface area (Å²) in [6.07, 6.45) is 4.95. The van der Waals surface area contributed by atoms with E-state index in [2.05, 4.69) is 59.4 Å². The Kier molecular flexibility index (Phi) is 5.57. The molecule has 0 saturated carbocycles. The third-order valence-corrected chi connectivity index (χ3v) is 4.34. The Morgan fingerprint density at radius 2 is 1.71 bits per heavy atom. The standard InChI is InChI=1S/C21H24N2O/c1-23(13-10-17-8-11-22-12-9-17)16-21(24)15-18-6-7-19-4-2-3-5-20(19)14-18/h2-9,11-12,14,21,24H,10,13,15-16H2,1H3/t21-/m0/s1. The van der Waals surface area contributed by atoms with E-state index in [4.69, 9.17) is 0 Å². The molecular weight excluding hydrogens is 296 g/mol. The van der Waals surface area contributed by atoms with Crippen LogP contribution in [0.25, 0.3) is 10.8 Å². The van der Waals surface area contributed by atoms with Gasteiger partial charge in [-0.1, -0.05) is 42.5 Å². The molecule has 124 valence electrons. The van der Waals surface area contributed by atoms with Crippen LogP contribution in [0.5, 0.6) is 0 Å². The maximum absolute atomic E-state index is 10.4. The van der Waals surface area contributed by atoms with E-state index in [0.29, 0.717) is 13.0 Å². The van der Waals surface area contributed by atoms with E-state index in [0.717, 1.165) is 13.0 Å². The molecule has 0 unspecified atom stereocenters. The predicted molar refractivity (Wildman–Crippen MR) is 99.1 cm³/mol. The van der Waals surface area contributed by atoms with Gasteiger partial charge in [-0.25, -0.2) is 0 Å². The highest BCUT2D eigenvalue weighted by Crippen LogP contribution is 2.16. The number of rotatable bonds is 7. The molecule has 1 aromatic heterocycles. The molecule has 0 fully saturated rings. The molecule has 3 aromatic rings. The first-order valence-electron chi connectivity index (χ1n) is 8.44. The van der Waals surface area contributed by atoms with Gasteiger partial charge in [0.2, 0.25) is 0 Å². The number of hydrogen-bond acceptors (Lipinski definition) is 3. The first-order chi connectivity index (χ1) is 11.7. The van der Waals surface area contributed by atoms with Gasteiger partial charge in [-0.15, -0.1) is 0 Å². The fourth-order valence-corrected chi connectivity index (χ4v) is 3.02. The average molecular weight is 320 g/mol. The third-order valence-electron chi connectivity index (χ3n) is 4.34. The minimum atomic E-state index is -0.353. The van der Waals surface area contributed by atoms with Gasteiger partial charge in [-0.3, -0.25) is 4.98 Å². The SMILES string of the molecule is CN(CCc1ccncc1)C[C@@H](O)Cc1ccc2ccccc2c1. The highest BCUT2D eigenvalue weighted by atomic mass is 16.3. The van der Waals surface area contributed by atoms with E-state index >= 15 is 0 Å². The molecule has 0 bridgehead atoms. The Morgan fingerprint density at radius 3 is 2.50 bits per heavy atom. The first-order valence-corrected chi connectivity index (χ1v) is 8.44. The Balaban J connectivity index is 1.51. The van der Waals surface area contributed by atoms with Gasteiger partial charge < -0.3 is 10.0 Å². The van der Waals surface area contributed by atoms with Gasteiger partial charge in [0.25, 0.3) is 0 Å². The van der Waals surface area contributed by atoms with Crippen LogP contribution < -0.4 is 0 Å². The Morgan fingerprint density at radius 1 is 0.958 bits per heavy atom. The van der Waals surface area contributed by atoms with Crippen molar-refractivity contribution in [2.24, 2.45) is 0 Å². The van der Waals surface area contributed by atoms with Crippen LogP contribution in [0, 0.1) is 0 Å². The molecule has 0 aliphatic carbocycles. The lowest BCUT2D eigenvalue weighted by Gasteiger charge is -2.20. The molecular formula is C21H24N2O. The van der Waals surface area contributed by atoms with E-state index in [1.54, 1.807) is 0 Å². The molecule has 24 heavy (non-hydrogen) atoms. The van der Waals surface area contributed by atoms with Crippen molar-refractivity contribution in [3.8, 4) is 0 Å². The summed E-state index contributed by atoms with van der Waals surface area (Å²) in [7, 11) is 2.06. The van der Waals surface area contributed by atoms with Crippen molar-refractivity contribution in [3.63, 3.8) is 0 Å². The van der Waals surface area contributed by atoms with Crippen LogP contribution >= 0.6 is 0 Å². The van der Waals surface area contributed by atoms with Gasteiger partial charge in [0.1, 0.15) is 0 Å². The van der Waals surface area contributed by atoms with Crippen LogP contribution in [0.3, 0.4) is 0 Å². The Hall–Kier alpha value is -2.23. The smallest absolute Gasteiger partial charge is 0.0707 e. The highest BCUT2D eigenvalue weighted by molar-refractivity contribution is 5.82. The summed E-state index contributed by atoms with van der Waals surface area (Å²) < 4.78 is 0. The molecule has 0 aliphatic rings. The molecule has 0 radical (unpaired) electrons. The van der Waals surface area contributed by atoms with Crippen molar-refractivity contribution in [1.29, 1.82) is 0 Å². The number of aliphatic hydroxyl groups excluding tert-OH is 1. The monoisotopic (exact) mass is 320 g/mol. The normalized spacial score (nSPS) is 12.6. The molecule has 1 atom stereocenters. The zero-order valence-electron chi connectivity index (χ0n) is 14.1. The molecule has 3 rings (SSSR count). The van der Waals surface area contributed by atoms with Gasteiger partial charge in [0.15, 0.2) is 0 Å². The minimum absolute atomic E-state index is 0.353. The second-order valence-electron chi connectivity index (χ2n) is 6.41. The first kappa shape index (κ1) is 16.6. The number of nitrogens with zero attached hydrogens (tertiary/aromatic N) is 2. The summed E-state index contributed by atoms with van der Waals surface area (Å²) in [6, 6.07) is 18.8. The van der Waals surface area contributed by atoms with Crippen LogP contribution in [0.15, 0.2) is 67.0 Å². The number of likely N-dealkylation sites (N-methyl/N-ethyl adjacent to an activating group) is 1. The van der Waals surface area contributed by atoms with Gasteiger partial charge in [0.05, 0.1) is 6.10 Å². The van der Waals surface area contributed by atoms with Crippen molar-refractivity contribution in [1.82, 2.24) is 9.88 Å². The zero-order chi connectivity index (χ0) is 16.8. The van der Waals surface area contributed by atoms with Gasteiger partial charge in [-0.2, -0.15) is 0 Å². The van der Waals surface area contributed by atoms with Gasteiger partial charge >= 0.3 is 0 Å². The van der Waals surface area contributed by atoms with Crippen LogP contribution in [0.4, 0.5) is 0 Å². The predicted octanol–water partition coefficient (Wildman–Crippen LogP) is 3.31. The van der Waals surface area contributed by atoms with E-state index in [-0.39, 0.29) is 6.10 Å². The van der Waals surface area contributed by atoms with Crippen LogP contribution in [0.1, 0.15) is 11.1 Å². The molecule has 1 heterocycles. The van der Waals surface area contributed by atoms with Crippen molar-refractivity contribution in [2.75, 3.05) is 20.1 Å². The number of aliphatic hydroxyl groups is 1. The second kappa shape index (κ2) is 8.04. The van der Waals surface area contributed by atoms with Crippen LogP contribution in [-0.4, -0.2) is 41.2 Å². The quantitative estimate of drug-likeness (QED) is 0.725. The lowest BCUT2D eigenvalue weighted by atomic mass is 10.0. The van der Waals surface area contributed by atoms with Crippen LogP contribution in [-0.2, 0) is 12.8 Å². The average Bonchev–Trinajstić information content (AvgIpc) is 2.60. The highest BCUT2D eigenvalue weighted by Gasteiger charge is 2.10. The number of fused-ring (bicyclic) bond motifs is 1. The number of hydrogen-bond donors (Lipinski definition) is 1. The maximum Gasteiger partial charge on any atom is 0.0707 e. The van der Waals surface area contributed by atoms with E-state index in [9.17, 15) is 5.11 Å². The number of pyridine rings is 1. The topological polar surface area (TPSA) is 36.4 Å². The zero-order valence-corrected chi connectivity index (χ0v) is 14.1. The van der Waals surface area contributed by atoms with Gasteiger partial charge in [-0.05, 0) is 53.9 Å². The maximum atomic E-state index is 10.4. The fraction of sp³-hybridized carbons (Fsp3) is 0.286. The summed E-state index contributed by atoms with van der Waals surface area (Å²) in [5, 5.41) is 12.9. The summed E-state index contributed by atoms with van der Waals surface area (Å²) in [5.41, 5.74) is 2.46. The molecule has 0 spiro atoms. The van der Waals surface area contributed by atoms with Crippen molar-refractivity contribution in [3.05, 3.63) is 78.1 Å². The van der Waals surface area contributed by atoms with E-state index in [1.807, 2.05) is 24.5 Å². The minimum Gasteiger partial charge on any atom is -0.391 e. The number of aromatic nitrogens is 1. The number of benzene rings is 2. The summed E-state index contributed by atoms with van der Waals surface area (Å²) >= 11 is 0. The van der Waals surface area contributed by atoms with Crippen molar-refractivity contribution >= 4 is 10.8 Å². The second-order valence-corrected chi connectivity index (χ2v) is 6.41. The van der Waals surface area contributed by atoms with Crippen molar-refractivity contribution in [2.45, 2.75) is 18.9 Å². The lowest BCUT2D eigenvalue weighted by Crippen LogP contribution is -2.32. The largest absolute Gasteiger partial charge is 0.391 e. The van der Waals surface area contributed by atoms with E-state index < -0.39 is 0 Å². The molecule has 3 nitrogen and oxygen atoms in total. The fourth-order valence-electron chi connectivity index (χ4n) is 3.02. The summed E-state index contributed by atoms with van der Waals surface area (Å²) in [5.74, 6) is 0. The molecule has 0 amide bonds. The Labute approximate surface area is 143 Å². The Bertz CT molecular complexity index is 773. The molecule has 2 aromatic carbocycles. The summed E-state index contributed by atoms with van der Waals surface area (Å²) in [4.78, 5) is 6.22. The van der Waals surface area contributed by atoms with Gasteiger partial charge in [0, 0.05) is 25.5 Å². The van der Waals surface area contributed by atoms with Crippen LogP contribution in [0.2, 0.25) is 0 Å².